The maximum Gasteiger partial charge on any atom is 0.318 e. The van der Waals surface area contributed by atoms with Crippen molar-refractivity contribution in [3.05, 3.63) is 23.3 Å². The topological polar surface area (TPSA) is 118 Å². The molecule has 2 N–H and O–H groups in total. The summed E-state index contributed by atoms with van der Waals surface area (Å²) in [6.07, 6.45) is 6.01. The van der Waals surface area contributed by atoms with Gasteiger partial charge in [0.05, 0.1) is 23.7 Å². The van der Waals surface area contributed by atoms with Crippen molar-refractivity contribution in [3.8, 4) is 0 Å². The lowest BCUT2D eigenvalue weighted by molar-refractivity contribution is -0.172. The molecule has 6 atom stereocenters. The first-order valence-electron chi connectivity index (χ1n) is 8.47. The van der Waals surface area contributed by atoms with E-state index in [2.05, 4.69) is 0 Å². The van der Waals surface area contributed by atoms with Gasteiger partial charge in [-0.3, -0.25) is 19.2 Å². The van der Waals surface area contributed by atoms with Crippen molar-refractivity contribution in [3.63, 3.8) is 0 Å². The third-order valence-electron chi connectivity index (χ3n) is 6.17. The van der Waals surface area contributed by atoms with Crippen LogP contribution in [0.15, 0.2) is 23.3 Å². The molecule has 0 aromatic heterocycles. The number of aliphatic carboxylic acids is 2. The third kappa shape index (κ3) is 2.33. The summed E-state index contributed by atoms with van der Waals surface area (Å²) in [4.78, 5) is 48.0. The van der Waals surface area contributed by atoms with Gasteiger partial charge in [0.25, 0.3) is 0 Å². The zero-order chi connectivity index (χ0) is 17.9. The van der Waals surface area contributed by atoms with Gasteiger partial charge < -0.3 is 14.9 Å². The molecule has 132 valence electrons. The van der Waals surface area contributed by atoms with Crippen LogP contribution in [0.2, 0.25) is 0 Å². The molecule has 2 saturated carbocycles. The van der Waals surface area contributed by atoms with E-state index in [1.807, 2.05) is 12.2 Å². The second kappa shape index (κ2) is 5.54. The SMILES string of the molecule is O=C(O)C1C2=CCC(C2)C1C(=O)OC(=O)C1C2CC=C(C2)C1C(=O)O. The predicted molar refractivity (Wildman–Crippen MR) is 81.9 cm³/mol. The highest BCUT2D eigenvalue weighted by Crippen LogP contribution is 2.51. The molecule has 0 spiro atoms. The summed E-state index contributed by atoms with van der Waals surface area (Å²) in [6.45, 7) is 0. The molecule has 4 rings (SSSR count). The normalized spacial score (nSPS) is 37.6. The molecule has 2 fully saturated rings. The predicted octanol–water partition coefficient (Wildman–Crippen LogP) is 1.39. The van der Waals surface area contributed by atoms with Crippen molar-refractivity contribution in [2.75, 3.05) is 0 Å². The molecule has 6 unspecified atom stereocenters. The quantitative estimate of drug-likeness (QED) is 0.448. The smallest absolute Gasteiger partial charge is 0.318 e. The van der Waals surface area contributed by atoms with Gasteiger partial charge >= 0.3 is 23.9 Å². The Morgan fingerprint density at radius 2 is 1.20 bits per heavy atom. The summed E-state index contributed by atoms with van der Waals surface area (Å²) in [5.41, 5.74) is 1.45. The van der Waals surface area contributed by atoms with Crippen molar-refractivity contribution in [1.29, 1.82) is 0 Å². The highest BCUT2D eigenvalue weighted by Gasteiger charge is 2.54. The Labute approximate surface area is 143 Å². The van der Waals surface area contributed by atoms with Crippen LogP contribution in [0.4, 0.5) is 0 Å². The number of esters is 2. The van der Waals surface area contributed by atoms with Crippen LogP contribution < -0.4 is 0 Å². The van der Waals surface area contributed by atoms with Crippen molar-refractivity contribution in [2.45, 2.75) is 25.7 Å². The van der Waals surface area contributed by atoms with Crippen LogP contribution in [0, 0.1) is 35.5 Å². The van der Waals surface area contributed by atoms with E-state index in [-0.39, 0.29) is 11.8 Å². The van der Waals surface area contributed by atoms with Crippen molar-refractivity contribution in [2.24, 2.45) is 35.5 Å². The van der Waals surface area contributed by atoms with Crippen LogP contribution in [0.1, 0.15) is 25.7 Å². The number of fused-ring (bicyclic) bond motifs is 4. The Morgan fingerprint density at radius 3 is 1.56 bits per heavy atom. The molecule has 25 heavy (non-hydrogen) atoms. The van der Waals surface area contributed by atoms with Gasteiger partial charge in [0, 0.05) is 0 Å². The van der Waals surface area contributed by atoms with E-state index in [0.29, 0.717) is 25.7 Å². The minimum atomic E-state index is -1.09. The van der Waals surface area contributed by atoms with Crippen molar-refractivity contribution in [1.82, 2.24) is 0 Å². The number of rotatable bonds is 4. The second-order valence-electron chi connectivity index (χ2n) is 7.38. The molecule has 0 aromatic carbocycles. The number of ether oxygens (including phenoxy) is 1. The Balaban J connectivity index is 1.51. The van der Waals surface area contributed by atoms with Gasteiger partial charge in [0.15, 0.2) is 0 Å². The van der Waals surface area contributed by atoms with E-state index in [1.54, 1.807) is 0 Å². The van der Waals surface area contributed by atoms with Gasteiger partial charge in [0.2, 0.25) is 0 Å². The number of allylic oxidation sites excluding steroid dienone is 2. The van der Waals surface area contributed by atoms with E-state index >= 15 is 0 Å². The van der Waals surface area contributed by atoms with Crippen molar-refractivity contribution < 1.29 is 34.1 Å². The van der Waals surface area contributed by atoms with Gasteiger partial charge in [-0.15, -0.1) is 0 Å². The lowest BCUT2D eigenvalue weighted by Gasteiger charge is -2.25. The first-order chi connectivity index (χ1) is 11.9. The molecule has 7 nitrogen and oxygen atoms in total. The van der Waals surface area contributed by atoms with Gasteiger partial charge in [-0.1, -0.05) is 23.3 Å². The molecule has 0 heterocycles. The van der Waals surface area contributed by atoms with E-state index in [0.717, 1.165) is 11.1 Å². The lowest BCUT2D eigenvalue weighted by atomic mass is 9.82. The first-order valence-corrected chi connectivity index (χ1v) is 8.47. The maximum atomic E-state index is 12.5. The fraction of sp³-hybridized carbons (Fsp3) is 0.556. The lowest BCUT2D eigenvalue weighted by Crippen LogP contribution is -2.38. The maximum absolute atomic E-state index is 12.5. The van der Waals surface area contributed by atoms with E-state index in [9.17, 15) is 29.4 Å². The molecule has 4 aliphatic rings. The molecule has 7 heteroatoms. The number of carbonyl (C=O) groups is 4. The molecule has 4 bridgehead atoms. The third-order valence-corrected chi connectivity index (χ3v) is 6.17. The Hall–Kier alpha value is -2.44. The number of hydrogen-bond donors (Lipinski definition) is 2. The average Bonchev–Trinajstić information content (AvgIpc) is 3.31. The standard InChI is InChI=1S/C18H18O7/c19-15(20)11-7-1-3-9(5-7)13(11)17(23)25-18(24)14-10-4-2-8(6-10)12(14)16(21)22/h1-2,9-14H,3-6H2,(H,19,20)(H,21,22). The summed E-state index contributed by atoms with van der Waals surface area (Å²) >= 11 is 0. The average molecular weight is 346 g/mol. The molecule has 4 aliphatic carbocycles. The van der Waals surface area contributed by atoms with Crippen molar-refractivity contribution >= 4 is 23.9 Å². The summed E-state index contributed by atoms with van der Waals surface area (Å²) in [5.74, 6) is -7.70. The van der Waals surface area contributed by atoms with E-state index in [4.69, 9.17) is 4.74 Å². The molecule has 0 aliphatic heterocycles. The minimum Gasteiger partial charge on any atom is -0.481 e. The highest BCUT2D eigenvalue weighted by molar-refractivity contribution is 5.94. The molecular weight excluding hydrogens is 328 g/mol. The minimum absolute atomic E-state index is 0.144. The number of carbonyl (C=O) groups excluding carboxylic acids is 2. The Kier molecular flexibility index (Phi) is 3.56. The van der Waals surface area contributed by atoms with Gasteiger partial charge in [-0.05, 0) is 37.5 Å². The van der Waals surface area contributed by atoms with E-state index < -0.39 is 47.5 Å². The van der Waals surface area contributed by atoms with Crippen LogP contribution in [-0.2, 0) is 23.9 Å². The van der Waals surface area contributed by atoms with Crippen LogP contribution in [0.5, 0.6) is 0 Å². The molecule has 0 amide bonds. The molecule has 0 saturated heterocycles. The van der Waals surface area contributed by atoms with Gasteiger partial charge in [-0.25, -0.2) is 0 Å². The number of carboxylic acid groups (broad SMARTS) is 2. The van der Waals surface area contributed by atoms with Crippen LogP contribution in [0.25, 0.3) is 0 Å². The number of carboxylic acids is 2. The summed E-state index contributed by atoms with van der Waals surface area (Å²) in [6, 6.07) is 0. The highest BCUT2D eigenvalue weighted by atomic mass is 16.6. The van der Waals surface area contributed by atoms with Crippen LogP contribution in [-0.4, -0.2) is 34.1 Å². The fourth-order valence-corrected chi connectivity index (χ4v) is 5.12. The molecular formula is C18H18O7. The molecule has 0 aromatic rings. The summed E-state index contributed by atoms with van der Waals surface area (Å²) in [7, 11) is 0. The second-order valence-corrected chi connectivity index (χ2v) is 7.38. The first kappa shape index (κ1) is 16.1. The fourth-order valence-electron chi connectivity index (χ4n) is 5.12. The Morgan fingerprint density at radius 1 is 0.800 bits per heavy atom. The number of hydrogen-bond acceptors (Lipinski definition) is 5. The monoisotopic (exact) mass is 346 g/mol. The van der Waals surface area contributed by atoms with Gasteiger partial charge in [-0.2, -0.15) is 0 Å². The summed E-state index contributed by atoms with van der Waals surface area (Å²) < 4.78 is 5.03. The Bertz CT molecular complexity index is 685. The van der Waals surface area contributed by atoms with Crippen LogP contribution >= 0.6 is 0 Å². The summed E-state index contributed by atoms with van der Waals surface area (Å²) in [5, 5.41) is 18.8. The zero-order valence-electron chi connectivity index (χ0n) is 13.4. The largest absolute Gasteiger partial charge is 0.481 e. The zero-order valence-corrected chi connectivity index (χ0v) is 13.4. The van der Waals surface area contributed by atoms with Crippen LogP contribution in [0.3, 0.4) is 0 Å². The van der Waals surface area contributed by atoms with E-state index in [1.165, 1.54) is 0 Å². The van der Waals surface area contributed by atoms with Gasteiger partial charge in [0.1, 0.15) is 0 Å². The molecule has 0 radical (unpaired) electrons.